The third-order valence-corrected chi connectivity index (χ3v) is 4.57. The average molecular weight is 264 g/mol. The number of hydrogen-bond donors (Lipinski definition) is 1. The van der Waals surface area contributed by atoms with Crippen molar-refractivity contribution in [1.82, 2.24) is 0 Å². The molecule has 1 fully saturated rings. The van der Waals surface area contributed by atoms with Crippen LogP contribution in [0.3, 0.4) is 0 Å². The van der Waals surface area contributed by atoms with E-state index in [0.717, 1.165) is 0 Å². The van der Waals surface area contributed by atoms with Crippen molar-refractivity contribution in [2.24, 2.45) is 0 Å². The average Bonchev–Trinajstić information content (AvgIpc) is 2.85. The minimum atomic E-state index is -0.653. The van der Waals surface area contributed by atoms with E-state index in [-0.39, 0.29) is 5.25 Å². The van der Waals surface area contributed by atoms with Crippen LogP contribution < -0.4 is 0 Å². The van der Waals surface area contributed by atoms with Gasteiger partial charge in [0.2, 0.25) is 5.79 Å². The highest BCUT2D eigenvalue weighted by Gasteiger charge is 2.45. The zero-order valence-electron chi connectivity index (χ0n) is 9.99. The summed E-state index contributed by atoms with van der Waals surface area (Å²) in [7, 11) is 0. The van der Waals surface area contributed by atoms with Gasteiger partial charge in [-0.15, -0.1) is 11.8 Å². The number of thioether (sulfide) groups is 1. The number of hydrogen-bond acceptors (Lipinski definition) is 4. The molecule has 1 aliphatic heterocycles. The fourth-order valence-corrected chi connectivity index (χ4v) is 3.65. The lowest BCUT2D eigenvalue weighted by Gasteiger charge is -2.36. The van der Waals surface area contributed by atoms with Gasteiger partial charge in [-0.2, -0.15) is 0 Å². The molecule has 1 spiro atoms. The van der Waals surface area contributed by atoms with Gasteiger partial charge in [0.05, 0.1) is 24.6 Å². The topological polar surface area (TPSA) is 38.7 Å². The van der Waals surface area contributed by atoms with E-state index in [0.29, 0.717) is 19.6 Å². The summed E-state index contributed by atoms with van der Waals surface area (Å²) in [5, 5.41) is 9.88. The van der Waals surface area contributed by atoms with E-state index in [1.165, 1.54) is 4.90 Å². The molecule has 0 bridgehead atoms. The molecule has 0 amide bonds. The van der Waals surface area contributed by atoms with Crippen molar-refractivity contribution < 1.29 is 14.6 Å². The zero-order chi connectivity index (χ0) is 12.4. The monoisotopic (exact) mass is 264 g/mol. The van der Waals surface area contributed by atoms with Gasteiger partial charge in [0.15, 0.2) is 0 Å². The summed E-state index contributed by atoms with van der Waals surface area (Å²) in [5.41, 5.74) is 0. The van der Waals surface area contributed by atoms with Gasteiger partial charge in [0.25, 0.3) is 0 Å². The fourth-order valence-electron chi connectivity index (χ4n) is 2.33. The number of aliphatic hydroxyl groups excluding tert-OH is 1. The molecule has 1 aliphatic carbocycles. The predicted octanol–water partition coefficient (Wildman–Crippen LogP) is 2.21. The van der Waals surface area contributed by atoms with Gasteiger partial charge in [0.1, 0.15) is 0 Å². The van der Waals surface area contributed by atoms with E-state index in [1.807, 2.05) is 24.3 Å². The Balaban J connectivity index is 1.82. The molecule has 1 aromatic rings. The van der Waals surface area contributed by atoms with Crippen LogP contribution in [0.1, 0.15) is 6.42 Å². The van der Waals surface area contributed by atoms with Crippen LogP contribution in [0.2, 0.25) is 0 Å². The molecule has 1 heterocycles. The van der Waals surface area contributed by atoms with Crippen molar-refractivity contribution in [1.29, 1.82) is 0 Å². The maximum atomic E-state index is 9.79. The highest BCUT2D eigenvalue weighted by atomic mass is 32.2. The molecule has 1 saturated heterocycles. The first kappa shape index (κ1) is 12.2. The maximum absolute atomic E-state index is 9.79. The molecule has 4 heteroatoms. The quantitative estimate of drug-likeness (QED) is 0.831. The smallest absolute Gasteiger partial charge is 0.200 e. The summed E-state index contributed by atoms with van der Waals surface area (Å²) in [6.45, 7) is 1.23. The second kappa shape index (κ2) is 5.05. The Bertz CT molecular complexity index is 426. The van der Waals surface area contributed by atoms with Crippen LogP contribution in [0.5, 0.6) is 0 Å². The molecule has 0 aromatic heterocycles. The van der Waals surface area contributed by atoms with Crippen molar-refractivity contribution in [3.63, 3.8) is 0 Å². The lowest BCUT2D eigenvalue weighted by molar-refractivity contribution is -0.124. The molecule has 2 aliphatic rings. The Morgan fingerprint density at radius 1 is 1.17 bits per heavy atom. The predicted molar refractivity (Wildman–Crippen MR) is 70.5 cm³/mol. The van der Waals surface area contributed by atoms with Crippen LogP contribution in [0.25, 0.3) is 0 Å². The standard InChI is InChI=1S/C14H16O3S/c15-11-6-7-14(16-8-9-17-14)13(10-11)18-12-4-2-1-3-5-12/h1-7,11,13,15H,8-10H2/t11-,13-/m0/s1. The molecule has 3 nitrogen and oxygen atoms in total. The number of benzene rings is 1. The highest BCUT2D eigenvalue weighted by molar-refractivity contribution is 8.00. The first-order valence-corrected chi connectivity index (χ1v) is 7.03. The first-order valence-electron chi connectivity index (χ1n) is 6.15. The SMILES string of the molecule is O[C@H]1C=CC2(OCCO2)[C@@H](Sc2ccccc2)C1. The van der Waals surface area contributed by atoms with Crippen LogP contribution in [0.15, 0.2) is 47.4 Å². The summed E-state index contributed by atoms with van der Waals surface area (Å²) in [6.07, 6.45) is 3.88. The summed E-state index contributed by atoms with van der Waals surface area (Å²) in [5.74, 6) is -0.653. The minimum Gasteiger partial charge on any atom is -0.389 e. The second-order valence-electron chi connectivity index (χ2n) is 4.50. The number of ether oxygens (including phenoxy) is 2. The minimum absolute atomic E-state index is 0.0856. The molecule has 2 atom stereocenters. The first-order chi connectivity index (χ1) is 8.78. The molecule has 1 N–H and O–H groups in total. The Hall–Kier alpha value is -0.810. The van der Waals surface area contributed by atoms with Crippen molar-refractivity contribution >= 4 is 11.8 Å². The summed E-state index contributed by atoms with van der Waals surface area (Å²) >= 11 is 1.70. The second-order valence-corrected chi connectivity index (χ2v) is 5.78. The fraction of sp³-hybridized carbons (Fsp3) is 0.429. The van der Waals surface area contributed by atoms with Crippen LogP contribution in [0, 0.1) is 0 Å². The van der Waals surface area contributed by atoms with Gasteiger partial charge in [-0.1, -0.05) is 24.3 Å². The van der Waals surface area contributed by atoms with E-state index in [2.05, 4.69) is 12.1 Å². The lowest BCUT2D eigenvalue weighted by Crippen LogP contribution is -2.44. The largest absolute Gasteiger partial charge is 0.389 e. The van der Waals surface area contributed by atoms with Gasteiger partial charge in [-0.05, 0) is 24.6 Å². The molecular formula is C14H16O3S. The van der Waals surface area contributed by atoms with E-state index in [1.54, 1.807) is 17.8 Å². The van der Waals surface area contributed by atoms with Crippen LogP contribution in [0.4, 0.5) is 0 Å². The summed E-state index contributed by atoms with van der Waals surface area (Å²) < 4.78 is 11.5. The lowest BCUT2D eigenvalue weighted by atomic mass is 9.99. The van der Waals surface area contributed by atoms with Gasteiger partial charge < -0.3 is 14.6 Å². The Labute approximate surface area is 111 Å². The van der Waals surface area contributed by atoms with Crippen molar-refractivity contribution in [2.45, 2.75) is 28.5 Å². The third-order valence-electron chi connectivity index (χ3n) is 3.22. The molecule has 0 unspecified atom stereocenters. The van der Waals surface area contributed by atoms with Crippen LogP contribution in [-0.2, 0) is 9.47 Å². The molecule has 1 aromatic carbocycles. The zero-order valence-corrected chi connectivity index (χ0v) is 10.8. The Morgan fingerprint density at radius 3 is 2.61 bits per heavy atom. The van der Waals surface area contributed by atoms with Crippen molar-refractivity contribution in [3.05, 3.63) is 42.5 Å². The molecular weight excluding hydrogens is 248 g/mol. The molecule has 96 valence electrons. The molecule has 0 radical (unpaired) electrons. The Kier molecular flexibility index (Phi) is 3.43. The van der Waals surface area contributed by atoms with Crippen molar-refractivity contribution in [3.8, 4) is 0 Å². The van der Waals surface area contributed by atoms with E-state index in [9.17, 15) is 5.11 Å². The molecule has 18 heavy (non-hydrogen) atoms. The van der Waals surface area contributed by atoms with E-state index >= 15 is 0 Å². The number of rotatable bonds is 2. The summed E-state index contributed by atoms with van der Waals surface area (Å²) in [4.78, 5) is 1.17. The Morgan fingerprint density at radius 2 is 1.89 bits per heavy atom. The van der Waals surface area contributed by atoms with Gasteiger partial charge in [0, 0.05) is 4.90 Å². The van der Waals surface area contributed by atoms with Gasteiger partial charge in [-0.3, -0.25) is 0 Å². The van der Waals surface area contributed by atoms with Gasteiger partial charge in [-0.25, -0.2) is 0 Å². The van der Waals surface area contributed by atoms with E-state index in [4.69, 9.17) is 9.47 Å². The van der Waals surface area contributed by atoms with Crippen LogP contribution in [-0.4, -0.2) is 35.5 Å². The normalized spacial score (nSPS) is 29.8. The van der Waals surface area contributed by atoms with Crippen LogP contribution >= 0.6 is 11.8 Å². The van der Waals surface area contributed by atoms with Crippen molar-refractivity contribution in [2.75, 3.05) is 13.2 Å². The maximum Gasteiger partial charge on any atom is 0.200 e. The third kappa shape index (κ3) is 2.34. The molecule has 0 saturated carbocycles. The van der Waals surface area contributed by atoms with E-state index < -0.39 is 11.9 Å². The summed E-state index contributed by atoms with van der Waals surface area (Å²) in [6, 6.07) is 10.2. The number of aliphatic hydroxyl groups is 1. The van der Waals surface area contributed by atoms with Gasteiger partial charge >= 0.3 is 0 Å². The highest BCUT2D eigenvalue weighted by Crippen LogP contribution is 2.41. The molecule has 3 rings (SSSR count).